The molecule has 0 fully saturated rings. The van der Waals surface area contributed by atoms with Gasteiger partial charge in [-0.25, -0.2) is 4.79 Å². The van der Waals surface area contributed by atoms with E-state index in [0.29, 0.717) is 0 Å². The molecule has 2 amide bonds. The van der Waals surface area contributed by atoms with Crippen molar-refractivity contribution in [1.82, 2.24) is 5.32 Å². The quantitative estimate of drug-likeness (QED) is 0.507. The van der Waals surface area contributed by atoms with E-state index in [1.165, 1.54) is 6.07 Å². The minimum absolute atomic E-state index is 0.0625. The third-order valence-electron chi connectivity index (χ3n) is 2.41. The number of rotatable bonds is 6. The van der Waals surface area contributed by atoms with E-state index in [4.69, 9.17) is 22.4 Å². The van der Waals surface area contributed by atoms with Gasteiger partial charge in [-0.3, -0.25) is 19.7 Å². The zero-order valence-electron chi connectivity index (χ0n) is 10.4. The molecule has 10 heteroatoms. The van der Waals surface area contributed by atoms with Crippen molar-refractivity contribution < 1.29 is 24.4 Å². The van der Waals surface area contributed by atoms with Gasteiger partial charge < -0.3 is 16.2 Å². The molecule has 0 bridgehead atoms. The molecule has 1 aromatic rings. The number of halogens is 1. The summed E-state index contributed by atoms with van der Waals surface area (Å²) < 4.78 is 0. The lowest BCUT2D eigenvalue weighted by atomic mass is 10.1. The Morgan fingerprint density at radius 2 is 2.05 bits per heavy atom. The number of carbonyl (C=O) groups is 3. The summed E-state index contributed by atoms with van der Waals surface area (Å²) in [5.41, 5.74) is 3.91. The Balaban J connectivity index is 3.07. The monoisotopic (exact) mass is 315 g/mol. The zero-order chi connectivity index (χ0) is 16.2. The summed E-state index contributed by atoms with van der Waals surface area (Å²) in [5.74, 6) is -3.48. The van der Waals surface area contributed by atoms with Crippen molar-refractivity contribution in [3.8, 4) is 0 Å². The lowest BCUT2D eigenvalue weighted by molar-refractivity contribution is -0.385. The summed E-state index contributed by atoms with van der Waals surface area (Å²) in [4.78, 5) is 43.6. The van der Waals surface area contributed by atoms with Crippen molar-refractivity contribution in [2.24, 2.45) is 5.73 Å². The van der Waals surface area contributed by atoms with Crippen molar-refractivity contribution >= 4 is 35.1 Å². The Morgan fingerprint density at radius 1 is 1.43 bits per heavy atom. The number of amides is 2. The molecule has 9 nitrogen and oxygen atoms in total. The summed E-state index contributed by atoms with van der Waals surface area (Å²) in [5, 5.41) is 21.7. The highest BCUT2D eigenvalue weighted by molar-refractivity contribution is 6.31. The van der Waals surface area contributed by atoms with Crippen molar-refractivity contribution in [3.05, 3.63) is 38.9 Å². The van der Waals surface area contributed by atoms with Crippen LogP contribution in [0.15, 0.2) is 18.2 Å². The van der Waals surface area contributed by atoms with Gasteiger partial charge in [-0.05, 0) is 12.1 Å². The van der Waals surface area contributed by atoms with Gasteiger partial charge in [0.05, 0.1) is 11.3 Å². The van der Waals surface area contributed by atoms with Crippen molar-refractivity contribution in [2.45, 2.75) is 12.5 Å². The largest absolute Gasteiger partial charge is 0.480 e. The first-order valence-electron chi connectivity index (χ1n) is 5.48. The Kier molecular flexibility index (Phi) is 5.19. The van der Waals surface area contributed by atoms with E-state index >= 15 is 0 Å². The van der Waals surface area contributed by atoms with Gasteiger partial charge in [0.25, 0.3) is 11.6 Å². The molecule has 1 rings (SSSR count). The fourth-order valence-corrected chi connectivity index (χ4v) is 1.66. The average Bonchev–Trinajstić information content (AvgIpc) is 2.36. The summed E-state index contributed by atoms with van der Waals surface area (Å²) in [6, 6.07) is 1.67. The van der Waals surface area contributed by atoms with Gasteiger partial charge in [-0.2, -0.15) is 0 Å². The maximum absolute atomic E-state index is 11.9. The molecular formula is C11H10ClN3O6. The van der Waals surface area contributed by atoms with Crippen LogP contribution in [-0.2, 0) is 9.59 Å². The number of nitrogens with two attached hydrogens (primary N) is 1. The van der Waals surface area contributed by atoms with E-state index < -0.39 is 46.4 Å². The SMILES string of the molecule is NC(=O)C[C@@H](NC(=O)c1cc(Cl)ccc1[N+](=O)[O-])C(=O)O. The molecule has 112 valence electrons. The normalized spacial score (nSPS) is 11.5. The summed E-state index contributed by atoms with van der Waals surface area (Å²) >= 11 is 5.66. The number of carbonyl (C=O) groups excluding carboxylic acids is 2. The first-order valence-corrected chi connectivity index (χ1v) is 5.86. The Labute approximate surface area is 122 Å². The van der Waals surface area contributed by atoms with Crippen LogP contribution in [0.5, 0.6) is 0 Å². The van der Waals surface area contributed by atoms with E-state index in [1.54, 1.807) is 0 Å². The zero-order valence-corrected chi connectivity index (χ0v) is 11.2. The van der Waals surface area contributed by atoms with Crippen LogP contribution in [0.25, 0.3) is 0 Å². The maximum atomic E-state index is 11.9. The molecule has 0 heterocycles. The topological polar surface area (TPSA) is 153 Å². The molecule has 0 aliphatic rings. The molecule has 1 aromatic carbocycles. The molecule has 21 heavy (non-hydrogen) atoms. The number of hydrogen-bond donors (Lipinski definition) is 3. The van der Waals surface area contributed by atoms with Gasteiger partial charge in [-0.1, -0.05) is 11.6 Å². The van der Waals surface area contributed by atoms with Crippen LogP contribution in [-0.4, -0.2) is 33.9 Å². The molecule has 0 saturated carbocycles. The number of carboxylic acid groups (broad SMARTS) is 1. The van der Waals surface area contributed by atoms with E-state index in [9.17, 15) is 24.5 Å². The smallest absolute Gasteiger partial charge is 0.326 e. The van der Waals surface area contributed by atoms with E-state index in [2.05, 4.69) is 0 Å². The second-order valence-corrected chi connectivity index (χ2v) is 4.39. The molecule has 0 aromatic heterocycles. The number of nitrogens with one attached hydrogen (secondary N) is 1. The molecular weight excluding hydrogens is 306 g/mol. The predicted octanol–water partition coefficient (Wildman–Crippen LogP) is 0.307. The standard InChI is InChI=1S/C11H10ClN3O6/c12-5-1-2-8(15(20)21)6(3-5)10(17)14-7(11(18)19)4-9(13)16/h1-3,7H,4H2,(H2,13,16)(H,14,17)(H,18,19)/t7-/m1/s1. The van der Waals surface area contributed by atoms with Gasteiger partial charge in [0.1, 0.15) is 11.6 Å². The average molecular weight is 316 g/mol. The summed E-state index contributed by atoms with van der Waals surface area (Å²) in [7, 11) is 0. The Morgan fingerprint density at radius 3 is 2.52 bits per heavy atom. The summed E-state index contributed by atoms with van der Waals surface area (Å²) in [6.45, 7) is 0. The lowest BCUT2D eigenvalue weighted by Crippen LogP contribution is -2.43. The van der Waals surface area contributed by atoms with Crippen LogP contribution in [0, 0.1) is 10.1 Å². The number of nitro groups is 1. The minimum atomic E-state index is -1.59. The molecule has 0 radical (unpaired) electrons. The van der Waals surface area contributed by atoms with Crippen LogP contribution < -0.4 is 11.1 Å². The predicted molar refractivity (Wildman–Crippen MR) is 70.8 cm³/mol. The molecule has 0 spiro atoms. The highest BCUT2D eigenvalue weighted by atomic mass is 35.5. The van der Waals surface area contributed by atoms with Crippen LogP contribution in [0.1, 0.15) is 16.8 Å². The second-order valence-electron chi connectivity index (χ2n) is 3.95. The molecule has 4 N–H and O–H groups in total. The number of benzene rings is 1. The van der Waals surface area contributed by atoms with E-state index in [0.717, 1.165) is 12.1 Å². The van der Waals surface area contributed by atoms with E-state index in [-0.39, 0.29) is 5.02 Å². The first kappa shape index (κ1) is 16.4. The number of nitro benzene ring substituents is 1. The van der Waals surface area contributed by atoms with Crippen LogP contribution in [0.2, 0.25) is 5.02 Å². The maximum Gasteiger partial charge on any atom is 0.326 e. The fourth-order valence-electron chi connectivity index (χ4n) is 1.49. The molecule has 0 aliphatic carbocycles. The van der Waals surface area contributed by atoms with Crippen LogP contribution in [0.4, 0.5) is 5.69 Å². The second kappa shape index (κ2) is 6.66. The molecule has 1 atom stereocenters. The van der Waals surface area contributed by atoms with E-state index in [1.807, 2.05) is 5.32 Å². The lowest BCUT2D eigenvalue weighted by Gasteiger charge is -2.13. The number of aliphatic carboxylic acids is 1. The third kappa shape index (κ3) is 4.42. The van der Waals surface area contributed by atoms with Gasteiger partial charge >= 0.3 is 5.97 Å². The summed E-state index contributed by atoms with van der Waals surface area (Å²) in [6.07, 6.45) is -0.643. The molecule has 0 saturated heterocycles. The van der Waals surface area contributed by atoms with Gasteiger partial charge in [0.15, 0.2) is 0 Å². The fraction of sp³-hybridized carbons (Fsp3) is 0.182. The highest BCUT2D eigenvalue weighted by Gasteiger charge is 2.26. The Bertz CT molecular complexity index is 618. The molecule has 0 aliphatic heterocycles. The van der Waals surface area contributed by atoms with Crippen LogP contribution in [0.3, 0.4) is 0 Å². The van der Waals surface area contributed by atoms with Gasteiger partial charge in [-0.15, -0.1) is 0 Å². The number of hydrogen-bond acceptors (Lipinski definition) is 5. The van der Waals surface area contributed by atoms with Gasteiger partial charge in [0, 0.05) is 11.1 Å². The van der Waals surface area contributed by atoms with Gasteiger partial charge in [0.2, 0.25) is 5.91 Å². The van der Waals surface area contributed by atoms with Crippen molar-refractivity contribution in [2.75, 3.05) is 0 Å². The number of primary amides is 1. The number of carboxylic acids is 1. The Hall–Kier alpha value is -2.68. The minimum Gasteiger partial charge on any atom is -0.480 e. The number of nitrogens with zero attached hydrogens (tertiary/aromatic N) is 1. The highest BCUT2D eigenvalue weighted by Crippen LogP contribution is 2.22. The molecule has 0 unspecified atom stereocenters. The van der Waals surface area contributed by atoms with Crippen molar-refractivity contribution in [1.29, 1.82) is 0 Å². The van der Waals surface area contributed by atoms with Crippen molar-refractivity contribution in [3.63, 3.8) is 0 Å². The first-order chi connectivity index (χ1) is 9.72. The third-order valence-corrected chi connectivity index (χ3v) is 2.64. The van der Waals surface area contributed by atoms with Crippen LogP contribution >= 0.6 is 11.6 Å².